The van der Waals surface area contributed by atoms with Crippen molar-refractivity contribution in [2.75, 3.05) is 11.9 Å². The maximum Gasteiger partial charge on any atom is 0.253 e. The van der Waals surface area contributed by atoms with Gasteiger partial charge in [0, 0.05) is 17.8 Å². The van der Waals surface area contributed by atoms with Crippen molar-refractivity contribution in [1.29, 1.82) is 0 Å². The van der Waals surface area contributed by atoms with Crippen LogP contribution in [0.2, 0.25) is 0 Å². The number of rotatable bonds is 5. The number of carbonyl (C=O) groups excluding carboxylic acids is 1. The minimum atomic E-state index is -3.71. The number of nitrogens with zero attached hydrogens (tertiary/aromatic N) is 2. The summed E-state index contributed by atoms with van der Waals surface area (Å²) in [5.41, 5.74) is 2.74. The Morgan fingerprint density at radius 2 is 1.97 bits per heavy atom. The number of nitrogens with one attached hydrogen (secondary N) is 1. The van der Waals surface area contributed by atoms with Crippen LogP contribution in [0.5, 0.6) is 0 Å². The highest BCUT2D eigenvalue weighted by Gasteiger charge is 2.38. The van der Waals surface area contributed by atoms with Crippen molar-refractivity contribution in [3.63, 3.8) is 0 Å². The van der Waals surface area contributed by atoms with Gasteiger partial charge < -0.3 is 9.73 Å². The zero-order valence-electron chi connectivity index (χ0n) is 17.1. The van der Waals surface area contributed by atoms with Crippen LogP contribution >= 0.6 is 11.3 Å². The molecule has 2 aromatic heterocycles. The van der Waals surface area contributed by atoms with E-state index < -0.39 is 16.1 Å². The van der Waals surface area contributed by atoms with E-state index in [0.717, 1.165) is 35.3 Å². The predicted molar refractivity (Wildman–Crippen MR) is 124 cm³/mol. The monoisotopic (exact) mass is 467 g/mol. The van der Waals surface area contributed by atoms with Gasteiger partial charge in [0.25, 0.3) is 10.0 Å². The zero-order valence-corrected chi connectivity index (χ0v) is 18.7. The molecular weight excluding hydrogens is 446 g/mol. The molecule has 1 fully saturated rings. The number of anilines is 1. The lowest BCUT2D eigenvalue weighted by Crippen LogP contribution is -2.49. The third kappa shape index (κ3) is 3.94. The molecule has 1 atom stereocenters. The normalized spacial score (nSPS) is 17.4. The highest BCUT2D eigenvalue weighted by Crippen LogP contribution is 2.30. The molecule has 1 aliphatic heterocycles. The van der Waals surface area contributed by atoms with Crippen molar-refractivity contribution in [3.8, 4) is 11.5 Å². The minimum absolute atomic E-state index is 0.259. The number of hydrogen-bond donors (Lipinski definition) is 1. The number of carbonyl (C=O) groups is 1. The SMILES string of the molecule is O=C(Nc1cccc(-c2nc3ccccc3o2)c1)C1CCCCN1S(=O)(=O)c1cccs1. The quantitative estimate of drug-likeness (QED) is 0.458. The van der Waals surface area contributed by atoms with Gasteiger partial charge in [0.15, 0.2) is 5.58 Å². The van der Waals surface area contributed by atoms with E-state index in [1.165, 1.54) is 4.31 Å². The van der Waals surface area contributed by atoms with Gasteiger partial charge in [-0.25, -0.2) is 13.4 Å². The molecule has 0 saturated carbocycles. The Kier molecular flexibility index (Phi) is 5.54. The van der Waals surface area contributed by atoms with Crippen molar-refractivity contribution in [1.82, 2.24) is 9.29 Å². The summed E-state index contributed by atoms with van der Waals surface area (Å²) in [5.74, 6) is 0.126. The summed E-state index contributed by atoms with van der Waals surface area (Å²) < 4.78 is 33.6. The summed E-state index contributed by atoms with van der Waals surface area (Å²) >= 11 is 1.16. The Morgan fingerprint density at radius 1 is 1.09 bits per heavy atom. The first-order valence-electron chi connectivity index (χ1n) is 10.3. The molecule has 3 heterocycles. The van der Waals surface area contributed by atoms with Crippen LogP contribution in [0, 0.1) is 0 Å². The van der Waals surface area contributed by atoms with Crippen LogP contribution in [0.3, 0.4) is 0 Å². The summed E-state index contributed by atoms with van der Waals surface area (Å²) in [7, 11) is -3.71. The summed E-state index contributed by atoms with van der Waals surface area (Å²) in [6.07, 6.45) is 2.03. The maximum absolute atomic E-state index is 13.1. The minimum Gasteiger partial charge on any atom is -0.436 e. The first kappa shape index (κ1) is 20.9. The number of amides is 1. The highest BCUT2D eigenvalue weighted by molar-refractivity contribution is 7.91. The molecule has 32 heavy (non-hydrogen) atoms. The molecule has 9 heteroatoms. The fourth-order valence-corrected chi connectivity index (χ4v) is 6.71. The van der Waals surface area contributed by atoms with Gasteiger partial charge in [-0.15, -0.1) is 11.3 Å². The lowest BCUT2D eigenvalue weighted by Gasteiger charge is -2.33. The molecule has 1 amide bonds. The lowest BCUT2D eigenvalue weighted by atomic mass is 10.0. The first-order chi connectivity index (χ1) is 15.5. The van der Waals surface area contributed by atoms with Crippen molar-refractivity contribution in [2.24, 2.45) is 0 Å². The van der Waals surface area contributed by atoms with Crippen LogP contribution in [-0.4, -0.2) is 36.2 Å². The molecule has 7 nitrogen and oxygen atoms in total. The van der Waals surface area contributed by atoms with Crippen LogP contribution < -0.4 is 5.32 Å². The van der Waals surface area contributed by atoms with Crippen LogP contribution in [-0.2, 0) is 14.8 Å². The summed E-state index contributed by atoms with van der Waals surface area (Å²) in [4.78, 5) is 17.6. The standard InChI is InChI=1S/C23H21N3O4S2/c27-22(19-10-3-4-13-26(19)32(28,29)21-12-6-14-31-21)24-17-8-5-7-16(15-17)23-25-18-9-1-2-11-20(18)30-23/h1-2,5-9,11-12,14-15,19H,3-4,10,13H2,(H,24,27). The third-order valence-electron chi connectivity index (χ3n) is 5.49. The lowest BCUT2D eigenvalue weighted by molar-refractivity contribution is -0.120. The largest absolute Gasteiger partial charge is 0.436 e. The molecule has 1 saturated heterocycles. The Balaban J connectivity index is 1.38. The van der Waals surface area contributed by atoms with Gasteiger partial charge in [-0.1, -0.05) is 30.7 Å². The fraction of sp³-hybridized carbons (Fsp3) is 0.217. The van der Waals surface area contributed by atoms with Crippen LogP contribution in [0.1, 0.15) is 19.3 Å². The molecule has 1 aliphatic rings. The van der Waals surface area contributed by atoms with Crippen LogP contribution in [0.4, 0.5) is 5.69 Å². The van der Waals surface area contributed by atoms with Crippen molar-refractivity contribution >= 4 is 44.1 Å². The van der Waals surface area contributed by atoms with Gasteiger partial charge in [-0.2, -0.15) is 4.31 Å². The van der Waals surface area contributed by atoms with Gasteiger partial charge in [0.1, 0.15) is 15.8 Å². The molecule has 0 spiro atoms. The molecule has 2 aromatic carbocycles. The second-order valence-corrected chi connectivity index (χ2v) is 10.7. The molecule has 0 aliphatic carbocycles. The van der Waals surface area contributed by atoms with Gasteiger partial charge in [0.05, 0.1) is 0 Å². The smallest absolute Gasteiger partial charge is 0.253 e. The number of piperidine rings is 1. The number of fused-ring (bicyclic) bond motifs is 1. The molecule has 164 valence electrons. The third-order valence-corrected chi connectivity index (χ3v) is 8.77. The van der Waals surface area contributed by atoms with E-state index in [4.69, 9.17) is 4.42 Å². The Bertz CT molecular complexity index is 1330. The number of hydrogen-bond acceptors (Lipinski definition) is 6. The summed E-state index contributed by atoms with van der Waals surface area (Å²) in [6.45, 7) is 0.335. The number of benzene rings is 2. The van der Waals surface area contributed by atoms with E-state index in [1.54, 1.807) is 35.7 Å². The number of sulfonamides is 1. The number of thiophene rings is 1. The molecule has 0 bridgehead atoms. The molecule has 1 N–H and O–H groups in total. The average Bonchev–Trinajstić information content (AvgIpc) is 3.50. The van der Waals surface area contributed by atoms with E-state index in [0.29, 0.717) is 30.1 Å². The van der Waals surface area contributed by atoms with Crippen LogP contribution in [0.25, 0.3) is 22.6 Å². The molecule has 5 rings (SSSR count). The van der Waals surface area contributed by atoms with E-state index in [1.807, 2.05) is 30.3 Å². The van der Waals surface area contributed by atoms with Gasteiger partial charge in [-0.3, -0.25) is 4.79 Å². The van der Waals surface area contributed by atoms with Crippen molar-refractivity contribution in [3.05, 3.63) is 66.0 Å². The Morgan fingerprint density at radius 3 is 2.78 bits per heavy atom. The van der Waals surface area contributed by atoms with E-state index in [-0.39, 0.29) is 10.1 Å². The van der Waals surface area contributed by atoms with E-state index >= 15 is 0 Å². The van der Waals surface area contributed by atoms with Crippen LogP contribution in [0.15, 0.2) is 74.7 Å². The highest BCUT2D eigenvalue weighted by atomic mass is 32.2. The Labute approximate surface area is 189 Å². The second-order valence-electron chi connectivity index (χ2n) is 7.62. The summed E-state index contributed by atoms with van der Waals surface area (Å²) in [5, 5.41) is 4.62. The predicted octanol–water partition coefficient (Wildman–Crippen LogP) is 4.74. The number of para-hydroxylation sites is 2. The summed E-state index contributed by atoms with van der Waals surface area (Å²) in [6, 6.07) is 17.2. The van der Waals surface area contributed by atoms with Crippen molar-refractivity contribution in [2.45, 2.75) is 29.5 Å². The fourth-order valence-electron chi connectivity index (χ4n) is 3.93. The molecular formula is C23H21N3O4S2. The molecule has 4 aromatic rings. The molecule has 0 radical (unpaired) electrons. The number of oxazole rings is 1. The van der Waals surface area contributed by atoms with Crippen molar-refractivity contribution < 1.29 is 17.6 Å². The Hall–Kier alpha value is -3.01. The van der Waals surface area contributed by atoms with Gasteiger partial charge in [0.2, 0.25) is 11.8 Å². The second kappa shape index (κ2) is 8.50. The maximum atomic E-state index is 13.1. The van der Waals surface area contributed by atoms with E-state index in [9.17, 15) is 13.2 Å². The van der Waals surface area contributed by atoms with E-state index in [2.05, 4.69) is 10.3 Å². The average molecular weight is 468 g/mol. The zero-order chi connectivity index (χ0) is 22.1. The first-order valence-corrected chi connectivity index (χ1v) is 12.7. The molecule has 1 unspecified atom stereocenters. The topological polar surface area (TPSA) is 92.5 Å². The number of aromatic nitrogens is 1. The van der Waals surface area contributed by atoms with Gasteiger partial charge >= 0.3 is 0 Å². The van der Waals surface area contributed by atoms with Gasteiger partial charge in [-0.05, 0) is 54.6 Å².